The highest BCUT2D eigenvalue weighted by molar-refractivity contribution is 6.30. The summed E-state index contributed by atoms with van der Waals surface area (Å²) in [5.41, 5.74) is 7.04. The van der Waals surface area contributed by atoms with Crippen LogP contribution < -0.4 is 15.8 Å². The normalized spacial score (nSPS) is 12.1. The summed E-state index contributed by atoms with van der Waals surface area (Å²) in [6, 6.07) is 3.41. The molecule has 0 aliphatic heterocycles. The number of benzene rings is 1. The van der Waals surface area contributed by atoms with Gasteiger partial charge in [-0.1, -0.05) is 11.6 Å². The molecular formula is C12H17ClN2O2. The first-order valence-corrected chi connectivity index (χ1v) is 5.70. The van der Waals surface area contributed by atoms with Crippen molar-refractivity contribution in [3.63, 3.8) is 0 Å². The van der Waals surface area contributed by atoms with Gasteiger partial charge in [-0.25, -0.2) is 0 Å². The summed E-state index contributed by atoms with van der Waals surface area (Å²) in [6.07, 6.45) is 0. The lowest BCUT2D eigenvalue weighted by Gasteiger charge is -2.19. The molecule has 0 heterocycles. The van der Waals surface area contributed by atoms with Crippen molar-refractivity contribution in [2.75, 3.05) is 13.7 Å². The van der Waals surface area contributed by atoms with Crippen molar-refractivity contribution < 1.29 is 9.53 Å². The number of hydrogen-bond acceptors (Lipinski definition) is 3. The zero-order chi connectivity index (χ0) is 13.0. The monoisotopic (exact) mass is 256 g/mol. The van der Waals surface area contributed by atoms with Gasteiger partial charge in [0.25, 0.3) is 0 Å². The van der Waals surface area contributed by atoms with Crippen LogP contribution in [0.15, 0.2) is 12.1 Å². The minimum atomic E-state index is -0.211. The quantitative estimate of drug-likeness (QED) is 0.863. The third-order valence-electron chi connectivity index (χ3n) is 2.50. The molecule has 1 atom stereocenters. The lowest BCUT2D eigenvalue weighted by Crippen LogP contribution is -2.32. The van der Waals surface area contributed by atoms with Crippen molar-refractivity contribution in [3.8, 4) is 5.75 Å². The number of carbonyl (C=O) groups excluding carboxylic acids is 1. The van der Waals surface area contributed by atoms with Gasteiger partial charge in [0.05, 0.1) is 19.7 Å². The van der Waals surface area contributed by atoms with Crippen molar-refractivity contribution in [3.05, 3.63) is 28.3 Å². The summed E-state index contributed by atoms with van der Waals surface area (Å²) in [7, 11) is 1.59. The van der Waals surface area contributed by atoms with Crippen molar-refractivity contribution in [1.82, 2.24) is 5.32 Å². The molecule has 0 bridgehead atoms. The first-order valence-electron chi connectivity index (χ1n) is 5.33. The highest BCUT2D eigenvalue weighted by Crippen LogP contribution is 2.31. The van der Waals surface area contributed by atoms with Crippen molar-refractivity contribution in [2.24, 2.45) is 5.73 Å². The Hall–Kier alpha value is -1.26. The predicted molar refractivity (Wildman–Crippen MR) is 68.4 cm³/mol. The van der Waals surface area contributed by atoms with E-state index in [2.05, 4.69) is 5.32 Å². The maximum Gasteiger partial charge on any atom is 0.234 e. The molecule has 0 saturated carbocycles. The number of halogens is 1. The van der Waals surface area contributed by atoms with Gasteiger partial charge in [-0.3, -0.25) is 4.79 Å². The van der Waals surface area contributed by atoms with Gasteiger partial charge >= 0.3 is 0 Å². The summed E-state index contributed by atoms with van der Waals surface area (Å²) >= 11 is 6.00. The third kappa shape index (κ3) is 3.35. The van der Waals surface area contributed by atoms with Crippen LogP contribution in [0.4, 0.5) is 0 Å². The predicted octanol–water partition coefficient (Wildman–Crippen LogP) is 1.79. The second-order valence-corrected chi connectivity index (χ2v) is 4.27. The molecule has 94 valence electrons. The van der Waals surface area contributed by atoms with Crippen molar-refractivity contribution >= 4 is 17.5 Å². The Bertz CT molecular complexity index is 421. The average molecular weight is 257 g/mol. The zero-order valence-electron chi connectivity index (χ0n) is 10.2. The smallest absolute Gasteiger partial charge is 0.234 e. The van der Waals surface area contributed by atoms with Crippen LogP contribution in [0, 0.1) is 6.92 Å². The highest BCUT2D eigenvalue weighted by atomic mass is 35.5. The van der Waals surface area contributed by atoms with Gasteiger partial charge < -0.3 is 15.8 Å². The van der Waals surface area contributed by atoms with Gasteiger partial charge in [0.2, 0.25) is 5.91 Å². The summed E-state index contributed by atoms with van der Waals surface area (Å²) < 4.78 is 5.33. The zero-order valence-corrected chi connectivity index (χ0v) is 11.0. The second-order valence-electron chi connectivity index (χ2n) is 3.84. The number of nitrogens with two attached hydrogens (primary N) is 1. The molecule has 0 aromatic heterocycles. The molecule has 0 saturated heterocycles. The third-order valence-corrected chi connectivity index (χ3v) is 2.72. The average Bonchev–Trinajstić information content (AvgIpc) is 2.27. The van der Waals surface area contributed by atoms with E-state index in [1.54, 1.807) is 13.2 Å². The molecule has 1 aromatic carbocycles. The van der Waals surface area contributed by atoms with E-state index >= 15 is 0 Å². The summed E-state index contributed by atoms with van der Waals surface area (Å²) in [5, 5.41) is 3.39. The largest absolute Gasteiger partial charge is 0.496 e. The van der Waals surface area contributed by atoms with E-state index in [-0.39, 0.29) is 18.5 Å². The van der Waals surface area contributed by atoms with E-state index in [9.17, 15) is 4.79 Å². The molecule has 0 spiro atoms. The Morgan fingerprint density at radius 2 is 2.24 bits per heavy atom. The molecule has 0 aliphatic carbocycles. The fourth-order valence-electron chi connectivity index (χ4n) is 1.73. The van der Waals surface area contributed by atoms with E-state index in [0.717, 1.165) is 16.9 Å². The molecule has 4 nitrogen and oxygen atoms in total. The van der Waals surface area contributed by atoms with Crippen LogP contribution in [0.25, 0.3) is 0 Å². The summed E-state index contributed by atoms with van der Waals surface area (Å²) in [4.78, 5) is 11.3. The molecule has 17 heavy (non-hydrogen) atoms. The molecule has 1 amide bonds. The van der Waals surface area contributed by atoms with Crippen LogP contribution in [0.2, 0.25) is 5.02 Å². The minimum absolute atomic E-state index is 0.0355. The highest BCUT2D eigenvalue weighted by Gasteiger charge is 2.16. The van der Waals surface area contributed by atoms with Gasteiger partial charge in [-0.15, -0.1) is 0 Å². The molecule has 0 radical (unpaired) electrons. The van der Waals surface area contributed by atoms with Gasteiger partial charge in [-0.05, 0) is 31.5 Å². The van der Waals surface area contributed by atoms with Crippen LogP contribution in [0.5, 0.6) is 5.75 Å². The Balaban J connectivity index is 3.07. The number of methoxy groups -OCH3 is 1. The molecule has 5 heteroatoms. The van der Waals surface area contributed by atoms with Crippen molar-refractivity contribution in [1.29, 1.82) is 0 Å². The first kappa shape index (κ1) is 13.8. The van der Waals surface area contributed by atoms with Gasteiger partial charge in [-0.2, -0.15) is 0 Å². The fraction of sp³-hybridized carbons (Fsp3) is 0.417. The van der Waals surface area contributed by atoms with Gasteiger partial charge in [0.15, 0.2) is 0 Å². The Labute approximate surface area is 106 Å². The molecular weight excluding hydrogens is 240 g/mol. The topological polar surface area (TPSA) is 64.3 Å². The molecule has 1 unspecified atom stereocenters. The lowest BCUT2D eigenvalue weighted by atomic mass is 10.0. The summed E-state index contributed by atoms with van der Waals surface area (Å²) in [5.74, 6) is 0.524. The van der Waals surface area contributed by atoms with Gasteiger partial charge in [0.1, 0.15) is 5.75 Å². The number of hydrogen-bond donors (Lipinski definition) is 2. The Morgan fingerprint density at radius 1 is 1.59 bits per heavy atom. The van der Waals surface area contributed by atoms with Crippen LogP contribution in [0.1, 0.15) is 24.1 Å². The molecule has 0 aliphatic rings. The number of carbonyl (C=O) groups is 1. The molecule has 0 fully saturated rings. The molecule has 1 rings (SSSR count). The fourth-order valence-corrected chi connectivity index (χ4v) is 2.02. The van der Waals surface area contributed by atoms with E-state index in [4.69, 9.17) is 22.1 Å². The van der Waals surface area contributed by atoms with E-state index in [1.165, 1.54) is 0 Å². The number of ether oxygens (including phenoxy) is 1. The van der Waals surface area contributed by atoms with Crippen LogP contribution >= 0.6 is 11.6 Å². The minimum Gasteiger partial charge on any atom is -0.496 e. The second kappa shape index (κ2) is 5.89. The maximum absolute atomic E-state index is 11.3. The number of amides is 1. The Morgan fingerprint density at radius 3 is 2.76 bits per heavy atom. The molecule has 1 aromatic rings. The number of aryl methyl sites for hydroxylation is 1. The van der Waals surface area contributed by atoms with Crippen LogP contribution in [-0.2, 0) is 4.79 Å². The van der Waals surface area contributed by atoms with E-state index in [1.807, 2.05) is 19.9 Å². The number of nitrogens with one attached hydrogen (secondary N) is 1. The Kier molecular flexibility index (Phi) is 4.78. The van der Waals surface area contributed by atoms with Crippen LogP contribution in [-0.4, -0.2) is 19.6 Å². The first-order chi connectivity index (χ1) is 7.99. The lowest BCUT2D eigenvalue weighted by molar-refractivity contribution is -0.120. The SMILES string of the molecule is COc1c(C)cc(Cl)cc1C(C)NC(=O)CN. The molecule has 3 N–H and O–H groups in total. The van der Waals surface area contributed by atoms with Gasteiger partial charge in [0, 0.05) is 10.6 Å². The standard InChI is InChI=1S/C12H17ClN2O2/c1-7-4-9(13)5-10(12(7)17-3)8(2)15-11(16)6-14/h4-5,8H,6,14H2,1-3H3,(H,15,16). The van der Waals surface area contributed by atoms with E-state index < -0.39 is 0 Å². The maximum atomic E-state index is 11.3. The van der Waals surface area contributed by atoms with Crippen LogP contribution in [0.3, 0.4) is 0 Å². The summed E-state index contributed by atoms with van der Waals surface area (Å²) in [6.45, 7) is 3.74. The number of rotatable bonds is 4. The van der Waals surface area contributed by atoms with E-state index in [0.29, 0.717) is 5.02 Å². The van der Waals surface area contributed by atoms with Crippen molar-refractivity contribution in [2.45, 2.75) is 19.9 Å².